The molecular weight excluding hydrogens is 324 g/mol. The number of rotatable bonds is 9. The first-order valence-corrected chi connectivity index (χ1v) is 8.53. The third-order valence-electron chi connectivity index (χ3n) is 3.41. The largest absolute Gasteiger partial charge is 0.489 e. The number of hydrogen-bond donors (Lipinski definition) is 2. The van der Waals surface area contributed by atoms with Crippen LogP contribution in [-0.2, 0) is 11.4 Å². The van der Waals surface area contributed by atoms with Crippen LogP contribution in [0.3, 0.4) is 0 Å². The van der Waals surface area contributed by atoms with Crippen molar-refractivity contribution in [3.05, 3.63) is 59.1 Å². The lowest BCUT2D eigenvalue weighted by atomic mass is 10.2. The maximum atomic E-state index is 11.8. The van der Waals surface area contributed by atoms with Gasteiger partial charge >= 0.3 is 0 Å². The molecule has 128 valence electrons. The van der Waals surface area contributed by atoms with Gasteiger partial charge in [-0.05, 0) is 54.9 Å². The van der Waals surface area contributed by atoms with E-state index in [0.29, 0.717) is 24.6 Å². The fraction of sp³-hybridized carbons (Fsp3) is 0.316. The predicted octanol–water partition coefficient (Wildman–Crippen LogP) is 4.25. The van der Waals surface area contributed by atoms with E-state index in [1.165, 1.54) is 0 Å². The van der Waals surface area contributed by atoms with E-state index in [9.17, 15) is 4.79 Å². The van der Waals surface area contributed by atoms with Gasteiger partial charge in [0.2, 0.25) is 5.91 Å². The quantitative estimate of drug-likeness (QED) is 0.667. The molecule has 0 unspecified atom stereocenters. The monoisotopic (exact) mass is 346 g/mol. The summed E-state index contributed by atoms with van der Waals surface area (Å²) in [6.07, 6.45) is 1.54. The van der Waals surface area contributed by atoms with Gasteiger partial charge in [0.25, 0.3) is 0 Å². The minimum Gasteiger partial charge on any atom is -0.489 e. The van der Waals surface area contributed by atoms with E-state index < -0.39 is 0 Å². The molecule has 0 heterocycles. The molecule has 5 heteroatoms. The van der Waals surface area contributed by atoms with Crippen LogP contribution in [0.15, 0.2) is 48.5 Å². The first kappa shape index (κ1) is 18.3. The Morgan fingerprint density at radius 1 is 1.04 bits per heavy atom. The van der Waals surface area contributed by atoms with Crippen molar-refractivity contribution < 1.29 is 9.53 Å². The van der Waals surface area contributed by atoms with Crippen LogP contribution in [0, 0.1) is 0 Å². The Kier molecular flexibility index (Phi) is 7.59. The molecule has 0 fully saturated rings. The summed E-state index contributed by atoms with van der Waals surface area (Å²) < 4.78 is 5.72. The van der Waals surface area contributed by atoms with Gasteiger partial charge in [-0.1, -0.05) is 30.7 Å². The lowest BCUT2D eigenvalue weighted by molar-refractivity contribution is -0.116. The number of carbonyl (C=O) groups is 1. The Labute approximate surface area is 148 Å². The highest BCUT2D eigenvalue weighted by atomic mass is 35.5. The molecule has 0 aliphatic rings. The van der Waals surface area contributed by atoms with Gasteiger partial charge in [0.05, 0.1) is 0 Å². The lowest BCUT2D eigenvalue weighted by Gasteiger charge is -2.09. The minimum atomic E-state index is 0.00781. The summed E-state index contributed by atoms with van der Waals surface area (Å²) >= 11 is 5.86. The van der Waals surface area contributed by atoms with Crippen molar-refractivity contribution in [1.82, 2.24) is 5.32 Å². The van der Waals surface area contributed by atoms with Crippen LogP contribution in [0.4, 0.5) is 5.69 Å². The van der Waals surface area contributed by atoms with Gasteiger partial charge in [0.1, 0.15) is 12.4 Å². The number of amides is 1. The fourth-order valence-corrected chi connectivity index (χ4v) is 2.23. The summed E-state index contributed by atoms with van der Waals surface area (Å²) in [5.41, 5.74) is 1.82. The summed E-state index contributed by atoms with van der Waals surface area (Å²) in [5, 5.41) is 6.80. The topological polar surface area (TPSA) is 50.4 Å². The Balaban J connectivity index is 1.75. The number of benzene rings is 2. The van der Waals surface area contributed by atoms with Gasteiger partial charge in [0.15, 0.2) is 0 Å². The number of halogens is 1. The molecule has 24 heavy (non-hydrogen) atoms. The molecule has 4 nitrogen and oxygen atoms in total. The van der Waals surface area contributed by atoms with Crippen molar-refractivity contribution >= 4 is 23.2 Å². The SMILES string of the molecule is CCCNCCC(=O)Nc1ccc(OCc2ccc(Cl)cc2)cc1. The van der Waals surface area contributed by atoms with Crippen LogP contribution < -0.4 is 15.4 Å². The standard InChI is InChI=1S/C19H23ClN2O2/c1-2-12-21-13-11-19(23)22-17-7-9-18(10-8-17)24-14-15-3-5-16(20)6-4-15/h3-10,21H,2,11-14H2,1H3,(H,22,23). The highest BCUT2D eigenvalue weighted by molar-refractivity contribution is 6.30. The Bertz CT molecular complexity index is 627. The zero-order chi connectivity index (χ0) is 17.2. The minimum absolute atomic E-state index is 0.00781. The fourth-order valence-electron chi connectivity index (χ4n) is 2.11. The molecular formula is C19H23ClN2O2. The molecule has 2 N–H and O–H groups in total. The molecule has 2 rings (SSSR count). The highest BCUT2D eigenvalue weighted by Gasteiger charge is 2.02. The number of ether oxygens (including phenoxy) is 1. The predicted molar refractivity (Wildman–Crippen MR) is 98.6 cm³/mol. The number of carbonyl (C=O) groups excluding carboxylic acids is 1. The maximum Gasteiger partial charge on any atom is 0.225 e. The summed E-state index contributed by atoms with van der Waals surface area (Å²) in [5.74, 6) is 0.765. The first-order valence-electron chi connectivity index (χ1n) is 8.15. The van der Waals surface area contributed by atoms with Crippen LogP contribution in [-0.4, -0.2) is 19.0 Å². The maximum absolute atomic E-state index is 11.8. The third kappa shape index (κ3) is 6.60. The van der Waals surface area contributed by atoms with Crippen molar-refractivity contribution in [1.29, 1.82) is 0 Å². The van der Waals surface area contributed by atoms with Crippen LogP contribution in [0.1, 0.15) is 25.3 Å². The molecule has 0 bridgehead atoms. The molecule has 0 radical (unpaired) electrons. The molecule has 1 amide bonds. The average Bonchev–Trinajstić information content (AvgIpc) is 2.59. The molecule has 0 atom stereocenters. The van der Waals surface area contributed by atoms with Crippen molar-refractivity contribution in [3.8, 4) is 5.75 Å². The summed E-state index contributed by atoms with van der Waals surface area (Å²) in [6.45, 7) is 4.21. The molecule has 0 saturated carbocycles. The van der Waals surface area contributed by atoms with E-state index in [-0.39, 0.29) is 5.91 Å². The second kappa shape index (κ2) is 9.96. The van der Waals surface area contributed by atoms with E-state index in [2.05, 4.69) is 17.6 Å². The smallest absolute Gasteiger partial charge is 0.225 e. The highest BCUT2D eigenvalue weighted by Crippen LogP contribution is 2.18. The second-order valence-corrected chi connectivity index (χ2v) is 5.92. The average molecular weight is 347 g/mol. The zero-order valence-electron chi connectivity index (χ0n) is 13.8. The number of hydrogen-bond acceptors (Lipinski definition) is 3. The molecule has 2 aromatic carbocycles. The summed E-state index contributed by atoms with van der Waals surface area (Å²) in [4.78, 5) is 11.8. The molecule has 2 aromatic rings. The first-order chi connectivity index (χ1) is 11.7. The van der Waals surface area contributed by atoms with Crippen molar-refractivity contribution in [2.75, 3.05) is 18.4 Å². The van der Waals surface area contributed by atoms with Gasteiger partial charge in [-0.25, -0.2) is 0 Å². The van der Waals surface area contributed by atoms with E-state index in [0.717, 1.165) is 30.0 Å². The molecule has 0 spiro atoms. The molecule has 0 aliphatic carbocycles. The Hall–Kier alpha value is -2.04. The van der Waals surface area contributed by atoms with Crippen LogP contribution in [0.25, 0.3) is 0 Å². The van der Waals surface area contributed by atoms with Crippen molar-refractivity contribution in [2.45, 2.75) is 26.4 Å². The Morgan fingerprint density at radius 3 is 2.42 bits per heavy atom. The van der Waals surface area contributed by atoms with E-state index >= 15 is 0 Å². The number of anilines is 1. The van der Waals surface area contributed by atoms with E-state index in [1.54, 1.807) is 0 Å². The van der Waals surface area contributed by atoms with Crippen molar-refractivity contribution in [2.24, 2.45) is 0 Å². The van der Waals surface area contributed by atoms with E-state index in [1.807, 2.05) is 48.5 Å². The van der Waals surface area contributed by atoms with Crippen LogP contribution >= 0.6 is 11.6 Å². The Morgan fingerprint density at radius 2 is 1.75 bits per heavy atom. The van der Waals surface area contributed by atoms with Crippen LogP contribution in [0.5, 0.6) is 5.75 Å². The van der Waals surface area contributed by atoms with Crippen LogP contribution in [0.2, 0.25) is 5.02 Å². The van der Waals surface area contributed by atoms with Gasteiger partial charge in [-0.2, -0.15) is 0 Å². The number of nitrogens with one attached hydrogen (secondary N) is 2. The van der Waals surface area contributed by atoms with Gasteiger partial charge in [-0.3, -0.25) is 4.79 Å². The third-order valence-corrected chi connectivity index (χ3v) is 3.66. The molecule has 0 aliphatic heterocycles. The van der Waals surface area contributed by atoms with Gasteiger partial charge in [-0.15, -0.1) is 0 Å². The van der Waals surface area contributed by atoms with Crippen molar-refractivity contribution in [3.63, 3.8) is 0 Å². The summed E-state index contributed by atoms with van der Waals surface area (Å²) in [7, 11) is 0. The normalized spacial score (nSPS) is 10.4. The zero-order valence-corrected chi connectivity index (χ0v) is 14.6. The molecule has 0 saturated heterocycles. The second-order valence-electron chi connectivity index (χ2n) is 5.49. The van der Waals surface area contributed by atoms with E-state index in [4.69, 9.17) is 16.3 Å². The summed E-state index contributed by atoms with van der Waals surface area (Å²) in [6, 6.07) is 14.9. The van der Waals surface area contributed by atoms with Gasteiger partial charge < -0.3 is 15.4 Å². The molecule has 0 aromatic heterocycles. The van der Waals surface area contributed by atoms with Gasteiger partial charge in [0, 0.05) is 23.7 Å². The lowest BCUT2D eigenvalue weighted by Crippen LogP contribution is -2.22.